The summed E-state index contributed by atoms with van der Waals surface area (Å²) in [5.74, 6) is 0.933. The molecule has 6 heteroatoms. The molecule has 2 aromatic carbocycles. The summed E-state index contributed by atoms with van der Waals surface area (Å²) in [5, 5.41) is 1.93. The van der Waals surface area contributed by atoms with Gasteiger partial charge in [0.25, 0.3) is 5.91 Å². The first-order valence-corrected chi connectivity index (χ1v) is 9.84. The lowest BCUT2D eigenvalue weighted by Crippen LogP contribution is -2.17. The number of thiazole rings is 1. The van der Waals surface area contributed by atoms with E-state index in [1.165, 1.54) is 11.3 Å². The van der Waals surface area contributed by atoms with Crippen molar-refractivity contribution in [1.29, 1.82) is 0 Å². The Hall–Kier alpha value is -3.25. The highest BCUT2D eigenvalue weighted by Gasteiger charge is 2.14. The number of amides is 1. The van der Waals surface area contributed by atoms with Crippen LogP contribution in [0.4, 0.5) is 0 Å². The molecule has 0 aliphatic carbocycles. The third-order valence-corrected chi connectivity index (χ3v) is 5.10. The molecule has 0 radical (unpaired) electrons. The van der Waals surface area contributed by atoms with Crippen LogP contribution in [0.5, 0.6) is 0 Å². The lowest BCUT2D eigenvalue weighted by atomic mass is 10.2. The average molecular weight is 389 g/mol. The summed E-state index contributed by atoms with van der Waals surface area (Å²) in [5.41, 5.74) is 2.67. The Labute approximate surface area is 166 Å². The van der Waals surface area contributed by atoms with E-state index in [0.29, 0.717) is 28.7 Å². The topological polar surface area (TPSA) is 60.4 Å². The Morgan fingerprint density at radius 3 is 2.57 bits per heavy atom. The van der Waals surface area contributed by atoms with E-state index in [2.05, 4.69) is 22.1 Å². The van der Waals surface area contributed by atoms with Crippen LogP contribution >= 0.6 is 11.3 Å². The maximum Gasteiger partial charge on any atom is 0.254 e. The van der Waals surface area contributed by atoms with Crippen LogP contribution in [0, 0.1) is 6.92 Å². The molecule has 0 aliphatic heterocycles. The average Bonchev–Trinajstić information content (AvgIpc) is 3.30. The van der Waals surface area contributed by atoms with Crippen LogP contribution in [0.3, 0.4) is 0 Å². The second kappa shape index (κ2) is 8.19. The third-order valence-electron chi connectivity index (χ3n) is 4.31. The Morgan fingerprint density at radius 1 is 1.11 bits per heavy atom. The zero-order valence-electron chi connectivity index (χ0n) is 15.4. The molecule has 2 heterocycles. The molecule has 0 bridgehead atoms. The predicted molar refractivity (Wildman–Crippen MR) is 109 cm³/mol. The van der Waals surface area contributed by atoms with Crippen molar-refractivity contribution in [1.82, 2.24) is 9.55 Å². The summed E-state index contributed by atoms with van der Waals surface area (Å²) in [6.45, 7) is 2.50. The van der Waals surface area contributed by atoms with E-state index in [-0.39, 0.29) is 12.3 Å². The van der Waals surface area contributed by atoms with Gasteiger partial charge in [-0.3, -0.25) is 4.79 Å². The van der Waals surface area contributed by atoms with E-state index in [1.54, 1.807) is 0 Å². The lowest BCUT2D eigenvalue weighted by Gasteiger charge is -2.02. The van der Waals surface area contributed by atoms with Gasteiger partial charge in [-0.05, 0) is 24.6 Å². The number of carbonyl (C=O) groups is 1. The van der Waals surface area contributed by atoms with Crippen LogP contribution in [0.2, 0.25) is 0 Å². The van der Waals surface area contributed by atoms with Gasteiger partial charge in [0.2, 0.25) is 5.89 Å². The summed E-state index contributed by atoms with van der Waals surface area (Å²) >= 11 is 1.45. The van der Waals surface area contributed by atoms with Gasteiger partial charge in [0.05, 0.1) is 12.1 Å². The second-order valence-corrected chi connectivity index (χ2v) is 7.24. The minimum Gasteiger partial charge on any atom is -0.441 e. The molecule has 0 N–H and O–H groups in total. The summed E-state index contributed by atoms with van der Waals surface area (Å²) in [7, 11) is 0. The Balaban J connectivity index is 1.53. The monoisotopic (exact) mass is 389 g/mol. The van der Waals surface area contributed by atoms with Crippen molar-refractivity contribution in [3.8, 4) is 11.5 Å². The molecule has 4 aromatic rings. The Morgan fingerprint density at radius 2 is 1.82 bits per heavy atom. The van der Waals surface area contributed by atoms with Gasteiger partial charge in [-0.2, -0.15) is 4.99 Å². The normalized spacial score (nSPS) is 11.7. The smallest absolute Gasteiger partial charge is 0.254 e. The second-order valence-electron chi connectivity index (χ2n) is 6.37. The van der Waals surface area contributed by atoms with Crippen molar-refractivity contribution in [2.24, 2.45) is 4.99 Å². The fourth-order valence-electron chi connectivity index (χ4n) is 2.87. The number of aryl methyl sites for hydroxylation is 1. The predicted octanol–water partition coefficient (Wildman–Crippen LogP) is 4.23. The van der Waals surface area contributed by atoms with E-state index in [4.69, 9.17) is 4.42 Å². The molecule has 4 rings (SSSR count). The van der Waals surface area contributed by atoms with Crippen LogP contribution in [0.1, 0.15) is 17.0 Å². The molecule has 0 atom stereocenters. The van der Waals surface area contributed by atoms with E-state index >= 15 is 0 Å². The molecular weight excluding hydrogens is 370 g/mol. The molecule has 0 saturated carbocycles. The van der Waals surface area contributed by atoms with E-state index in [9.17, 15) is 4.79 Å². The number of hydrogen-bond donors (Lipinski definition) is 0. The van der Waals surface area contributed by atoms with Gasteiger partial charge in [0.1, 0.15) is 5.76 Å². The van der Waals surface area contributed by atoms with Crippen LogP contribution in [-0.4, -0.2) is 15.5 Å². The first-order valence-electron chi connectivity index (χ1n) is 8.96. The zero-order valence-corrected chi connectivity index (χ0v) is 16.2. The van der Waals surface area contributed by atoms with E-state index in [0.717, 1.165) is 11.1 Å². The molecule has 0 spiro atoms. The van der Waals surface area contributed by atoms with Gasteiger partial charge in [-0.25, -0.2) is 4.98 Å². The van der Waals surface area contributed by atoms with Crippen LogP contribution in [0.25, 0.3) is 11.5 Å². The number of rotatable bonds is 5. The minimum atomic E-state index is -0.236. The summed E-state index contributed by atoms with van der Waals surface area (Å²) < 4.78 is 7.71. The number of nitrogens with zero attached hydrogens (tertiary/aromatic N) is 3. The number of aromatic nitrogens is 2. The highest BCUT2D eigenvalue weighted by molar-refractivity contribution is 7.07. The summed E-state index contributed by atoms with van der Waals surface area (Å²) in [6, 6.07) is 19.8. The molecular formula is C22H19N3O2S. The summed E-state index contributed by atoms with van der Waals surface area (Å²) in [6.07, 6.45) is 2.06. The largest absolute Gasteiger partial charge is 0.441 e. The maximum atomic E-state index is 12.5. The fraction of sp³-hybridized carbons (Fsp3) is 0.136. The van der Waals surface area contributed by atoms with Gasteiger partial charge < -0.3 is 8.98 Å². The van der Waals surface area contributed by atoms with Gasteiger partial charge in [0, 0.05) is 23.7 Å². The van der Waals surface area contributed by atoms with Crippen molar-refractivity contribution < 1.29 is 9.21 Å². The Kier molecular flexibility index (Phi) is 5.30. The molecule has 0 fully saturated rings. The number of benzene rings is 2. The van der Waals surface area contributed by atoms with Crippen molar-refractivity contribution in [2.75, 3.05) is 0 Å². The maximum absolute atomic E-state index is 12.5. The highest BCUT2D eigenvalue weighted by Crippen LogP contribution is 2.21. The standard InChI is InChI=1S/C22H19N3O2S/c1-16-19(23-21(27-16)18-10-6-3-7-11-18)14-20(26)24-22-25(12-13-28-22)15-17-8-4-2-5-9-17/h2-13H,14-15H2,1H3. The van der Waals surface area contributed by atoms with Crippen molar-refractivity contribution in [2.45, 2.75) is 19.9 Å². The lowest BCUT2D eigenvalue weighted by molar-refractivity contribution is -0.117. The van der Waals surface area contributed by atoms with Gasteiger partial charge in [0.15, 0.2) is 4.80 Å². The van der Waals surface area contributed by atoms with E-state index < -0.39 is 0 Å². The van der Waals surface area contributed by atoms with Gasteiger partial charge in [-0.1, -0.05) is 48.5 Å². The van der Waals surface area contributed by atoms with Gasteiger partial charge in [-0.15, -0.1) is 11.3 Å². The first kappa shape index (κ1) is 18.1. The molecule has 140 valence electrons. The van der Waals surface area contributed by atoms with Crippen molar-refractivity contribution in [3.05, 3.63) is 94.1 Å². The fourth-order valence-corrected chi connectivity index (χ4v) is 3.62. The minimum absolute atomic E-state index is 0.116. The first-order chi connectivity index (χ1) is 13.7. The van der Waals surface area contributed by atoms with Crippen LogP contribution < -0.4 is 4.80 Å². The molecule has 0 saturated heterocycles. The zero-order chi connectivity index (χ0) is 19.3. The molecule has 1 amide bonds. The molecule has 0 aliphatic rings. The highest BCUT2D eigenvalue weighted by atomic mass is 32.1. The van der Waals surface area contributed by atoms with Crippen LogP contribution in [0.15, 0.2) is 81.7 Å². The summed E-state index contributed by atoms with van der Waals surface area (Å²) in [4.78, 5) is 22.0. The molecule has 0 unspecified atom stereocenters. The van der Waals surface area contributed by atoms with Crippen LogP contribution in [-0.2, 0) is 17.8 Å². The quantitative estimate of drug-likeness (QED) is 0.513. The van der Waals surface area contributed by atoms with E-state index in [1.807, 2.05) is 71.6 Å². The van der Waals surface area contributed by atoms with Crippen molar-refractivity contribution in [3.63, 3.8) is 0 Å². The number of oxazole rings is 1. The number of hydrogen-bond acceptors (Lipinski definition) is 4. The van der Waals surface area contributed by atoms with Gasteiger partial charge >= 0.3 is 0 Å². The third kappa shape index (κ3) is 4.18. The molecule has 28 heavy (non-hydrogen) atoms. The molecule has 2 aromatic heterocycles. The number of carbonyl (C=O) groups excluding carboxylic acids is 1. The molecule has 5 nitrogen and oxygen atoms in total. The SMILES string of the molecule is Cc1oc(-c2ccccc2)nc1CC(=O)N=c1sccn1Cc1ccccc1. The van der Waals surface area contributed by atoms with Crippen molar-refractivity contribution >= 4 is 17.2 Å². The Bertz CT molecular complexity index is 1140.